The zero-order valence-corrected chi connectivity index (χ0v) is 13.9. The number of carbonyl (C=O) groups is 4. The van der Waals surface area contributed by atoms with Crippen LogP contribution in [0.5, 0.6) is 0 Å². The normalized spacial score (nSPS) is 15.7. The molecular formula is C14H26N4O5. The van der Waals surface area contributed by atoms with E-state index in [2.05, 4.69) is 16.0 Å². The molecule has 0 heterocycles. The summed E-state index contributed by atoms with van der Waals surface area (Å²) in [6.45, 7) is 6.03. The summed E-state index contributed by atoms with van der Waals surface area (Å²) in [5.74, 6) is -2.99. The van der Waals surface area contributed by atoms with Crippen molar-refractivity contribution in [2.75, 3.05) is 6.54 Å². The van der Waals surface area contributed by atoms with Gasteiger partial charge in [0.25, 0.3) is 0 Å². The predicted molar refractivity (Wildman–Crippen MR) is 83.3 cm³/mol. The molecule has 0 saturated heterocycles. The van der Waals surface area contributed by atoms with Gasteiger partial charge in [-0.15, -0.1) is 0 Å². The fraction of sp³-hybridized carbons (Fsp3) is 0.714. The lowest BCUT2D eigenvalue weighted by Gasteiger charge is -2.25. The fourth-order valence-corrected chi connectivity index (χ4v) is 1.66. The van der Waals surface area contributed by atoms with E-state index in [9.17, 15) is 19.2 Å². The lowest BCUT2D eigenvalue weighted by atomic mass is 9.98. The summed E-state index contributed by atoms with van der Waals surface area (Å²) in [6, 6.07) is -2.51. The molecule has 6 N–H and O–H groups in total. The highest BCUT2D eigenvalue weighted by Gasteiger charge is 2.28. The summed E-state index contributed by atoms with van der Waals surface area (Å²) in [7, 11) is 0. The number of aliphatic carboxylic acids is 1. The molecule has 4 unspecified atom stereocenters. The van der Waals surface area contributed by atoms with Gasteiger partial charge < -0.3 is 26.8 Å². The molecule has 0 radical (unpaired) electrons. The molecule has 0 bridgehead atoms. The summed E-state index contributed by atoms with van der Waals surface area (Å²) in [5, 5.41) is 15.8. The van der Waals surface area contributed by atoms with Crippen LogP contribution in [0.3, 0.4) is 0 Å². The summed E-state index contributed by atoms with van der Waals surface area (Å²) >= 11 is 0. The molecule has 0 fully saturated rings. The van der Waals surface area contributed by atoms with Crippen molar-refractivity contribution in [1.29, 1.82) is 0 Å². The minimum Gasteiger partial charge on any atom is -0.480 e. The van der Waals surface area contributed by atoms with Crippen LogP contribution < -0.4 is 21.7 Å². The van der Waals surface area contributed by atoms with Crippen molar-refractivity contribution in [1.82, 2.24) is 16.0 Å². The number of nitrogens with one attached hydrogen (secondary N) is 3. The molecule has 0 aromatic heterocycles. The Bertz CT molecular complexity index is 452. The van der Waals surface area contributed by atoms with E-state index in [1.165, 1.54) is 13.8 Å². The number of carboxylic acid groups (broad SMARTS) is 1. The van der Waals surface area contributed by atoms with E-state index in [1.54, 1.807) is 6.92 Å². The molecule has 0 saturated carbocycles. The van der Waals surface area contributed by atoms with Crippen LogP contribution in [0.2, 0.25) is 0 Å². The van der Waals surface area contributed by atoms with E-state index >= 15 is 0 Å². The fourth-order valence-electron chi connectivity index (χ4n) is 1.66. The molecular weight excluding hydrogens is 304 g/mol. The van der Waals surface area contributed by atoms with E-state index in [4.69, 9.17) is 10.8 Å². The Labute approximate surface area is 135 Å². The molecule has 0 spiro atoms. The first kappa shape index (κ1) is 20.8. The molecule has 0 aromatic rings. The van der Waals surface area contributed by atoms with Gasteiger partial charge in [0.15, 0.2) is 0 Å². The van der Waals surface area contributed by atoms with Crippen molar-refractivity contribution in [3.8, 4) is 0 Å². The van der Waals surface area contributed by atoms with Gasteiger partial charge in [-0.3, -0.25) is 19.2 Å². The molecule has 0 aliphatic rings. The van der Waals surface area contributed by atoms with Crippen LogP contribution in [-0.4, -0.2) is 53.5 Å². The Hall–Kier alpha value is -2.16. The predicted octanol–water partition coefficient (Wildman–Crippen LogP) is -1.43. The number of hydrogen-bond acceptors (Lipinski definition) is 5. The zero-order valence-electron chi connectivity index (χ0n) is 13.9. The molecule has 0 aromatic carbocycles. The van der Waals surface area contributed by atoms with Crippen LogP contribution in [0, 0.1) is 5.92 Å². The first-order chi connectivity index (χ1) is 10.6. The molecule has 132 valence electrons. The Kier molecular flexibility index (Phi) is 8.86. The summed E-state index contributed by atoms with van der Waals surface area (Å²) in [5.41, 5.74) is 5.41. The molecule has 0 rings (SSSR count). The topological polar surface area (TPSA) is 151 Å². The third-order valence-corrected chi connectivity index (χ3v) is 3.37. The smallest absolute Gasteiger partial charge is 0.322 e. The number of carboxylic acids is 1. The van der Waals surface area contributed by atoms with Gasteiger partial charge in [-0.1, -0.05) is 20.3 Å². The van der Waals surface area contributed by atoms with Crippen molar-refractivity contribution < 1.29 is 24.3 Å². The van der Waals surface area contributed by atoms with Crippen LogP contribution in [0.25, 0.3) is 0 Å². The van der Waals surface area contributed by atoms with Crippen molar-refractivity contribution >= 4 is 23.7 Å². The van der Waals surface area contributed by atoms with Gasteiger partial charge in [0.1, 0.15) is 18.6 Å². The number of nitrogens with two attached hydrogens (primary N) is 1. The van der Waals surface area contributed by atoms with Crippen molar-refractivity contribution in [2.24, 2.45) is 11.7 Å². The zero-order chi connectivity index (χ0) is 18.2. The summed E-state index contributed by atoms with van der Waals surface area (Å²) in [6.07, 6.45) is 0.603. The Morgan fingerprint density at radius 1 is 1.00 bits per heavy atom. The Balaban J connectivity index is 4.81. The third-order valence-electron chi connectivity index (χ3n) is 3.37. The summed E-state index contributed by atoms with van der Waals surface area (Å²) < 4.78 is 0. The lowest BCUT2D eigenvalue weighted by Crippen LogP contribution is -2.56. The van der Waals surface area contributed by atoms with Gasteiger partial charge in [-0.2, -0.15) is 0 Å². The molecule has 23 heavy (non-hydrogen) atoms. The first-order valence-electron chi connectivity index (χ1n) is 7.45. The van der Waals surface area contributed by atoms with E-state index < -0.39 is 48.4 Å². The lowest BCUT2D eigenvalue weighted by molar-refractivity contribution is -0.139. The number of hydrogen-bond donors (Lipinski definition) is 5. The van der Waals surface area contributed by atoms with Crippen LogP contribution in [0.4, 0.5) is 0 Å². The number of amides is 3. The second kappa shape index (κ2) is 9.78. The quantitative estimate of drug-likeness (QED) is 0.350. The highest BCUT2D eigenvalue weighted by atomic mass is 16.4. The van der Waals surface area contributed by atoms with Gasteiger partial charge in [-0.25, -0.2) is 0 Å². The first-order valence-corrected chi connectivity index (χ1v) is 7.45. The maximum atomic E-state index is 12.1. The van der Waals surface area contributed by atoms with E-state index in [0.717, 1.165) is 0 Å². The van der Waals surface area contributed by atoms with Crippen LogP contribution in [-0.2, 0) is 19.2 Å². The van der Waals surface area contributed by atoms with Gasteiger partial charge in [0, 0.05) is 0 Å². The van der Waals surface area contributed by atoms with Gasteiger partial charge in [-0.05, 0) is 19.8 Å². The van der Waals surface area contributed by atoms with Crippen molar-refractivity contribution in [2.45, 2.75) is 52.2 Å². The molecule has 9 heteroatoms. The van der Waals surface area contributed by atoms with Crippen LogP contribution >= 0.6 is 0 Å². The van der Waals surface area contributed by atoms with Crippen LogP contribution in [0.1, 0.15) is 34.1 Å². The van der Waals surface area contributed by atoms with Crippen molar-refractivity contribution in [3.05, 3.63) is 0 Å². The molecule has 3 amide bonds. The number of carbonyl (C=O) groups excluding carboxylic acids is 3. The largest absolute Gasteiger partial charge is 0.480 e. The average Bonchev–Trinajstić information content (AvgIpc) is 2.48. The van der Waals surface area contributed by atoms with Gasteiger partial charge in [0.05, 0.1) is 6.04 Å². The molecule has 0 aliphatic heterocycles. The maximum absolute atomic E-state index is 12.1. The highest BCUT2D eigenvalue weighted by molar-refractivity contribution is 5.93. The van der Waals surface area contributed by atoms with Gasteiger partial charge in [0.2, 0.25) is 17.7 Å². The van der Waals surface area contributed by atoms with E-state index in [1.807, 2.05) is 6.92 Å². The minimum absolute atomic E-state index is 0.205. The van der Waals surface area contributed by atoms with Crippen molar-refractivity contribution in [3.63, 3.8) is 0 Å². The maximum Gasteiger partial charge on any atom is 0.322 e. The second-order valence-corrected chi connectivity index (χ2v) is 5.50. The van der Waals surface area contributed by atoms with Crippen LogP contribution in [0.15, 0.2) is 0 Å². The molecule has 4 atom stereocenters. The third kappa shape index (κ3) is 7.59. The standard InChI is InChI=1S/C14H26N4O5/c1-5-7(2)11(14(23)16-6-10(19)20)18-13(22)9(4)17-12(21)8(3)15/h7-9,11H,5-6,15H2,1-4H3,(H,16,23)(H,17,21)(H,18,22)(H,19,20). The average molecular weight is 330 g/mol. The van der Waals surface area contributed by atoms with Gasteiger partial charge >= 0.3 is 5.97 Å². The van der Waals surface area contributed by atoms with E-state index in [-0.39, 0.29) is 5.92 Å². The van der Waals surface area contributed by atoms with E-state index in [0.29, 0.717) is 6.42 Å². The minimum atomic E-state index is -1.18. The SMILES string of the molecule is CCC(C)C(NC(=O)C(C)NC(=O)C(C)N)C(=O)NCC(=O)O. The highest BCUT2D eigenvalue weighted by Crippen LogP contribution is 2.08. The Morgan fingerprint density at radius 2 is 1.57 bits per heavy atom. The monoisotopic (exact) mass is 330 g/mol. The molecule has 9 nitrogen and oxygen atoms in total. The second-order valence-electron chi connectivity index (χ2n) is 5.50. The summed E-state index contributed by atoms with van der Waals surface area (Å²) in [4.78, 5) is 46.2. The number of rotatable bonds is 9. The molecule has 0 aliphatic carbocycles. The Morgan fingerprint density at radius 3 is 2.00 bits per heavy atom.